The summed E-state index contributed by atoms with van der Waals surface area (Å²) >= 11 is 7.39. The number of halogens is 2. The summed E-state index contributed by atoms with van der Waals surface area (Å²) < 4.78 is 7.71. The molecule has 0 unspecified atom stereocenters. The number of carboxylic acid groups (broad SMARTS) is 1. The van der Waals surface area contributed by atoms with Crippen molar-refractivity contribution >= 4 is 60.2 Å². The summed E-state index contributed by atoms with van der Waals surface area (Å²) in [6.45, 7) is 0.117. The molecular formula is C32H27Br2NO5. The minimum Gasteiger partial charge on any atom is -0.487 e. The van der Waals surface area contributed by atoms with Gasteiger partial charge in [-0.05, 0) is 91.6 Å². The number of ether oxygens (including phenoxy) is 1. The number of carbonyl (C=O) groups is 3. The van der Waals surface area contributed by atoms with Gasteiger partial charge in [0.15, 0.2) is 11.6 Å². The van der Waals surface area contributed by atoms with Crippen LogP contribution < -0.4 is 4.74 Å². The van der Waals surface area contributed by atoms with Gasteiger partial charge >= 0.3 is 5.97 Å². The number of carbonyl (C=O) groups excluding carboxylic acids is 2. The molecule has 0 saturated carbocycles. The van der Waals surface area contributed by atoms with E-state index in [2.05, 4.69) is 56.1 Å². The maximum atomic E-state index is 13.4. The molecule has 0 radical (unpaired) electrons. The molecule has 0 atom stereocenters. The van der Waals surface area contributed by atoms with Crippen molar-refractivity contribution in [1.82, 2.24) is 4.90 Å². The van der Waals surface area contributed by atoms with E-state index in [9.17, 15) is 19.5 Å². The van der Waals surface area contributed by atoms with E-state index in [1.165, 1.54) is 0 Å². The van der Waals surface area contributed by atoms with Crippen LogP contribution in [0.3, 0.4) is 0 Å². The Labute approximate surface area is 248 Å². The van der Waals surface area contributed by atoms with Gasteiger partial charge in [-0.1, -0.05) is 42.5 Å². The van der Waals surface area contributed by atoms with Gasteiger partial charge in [0.05, 0.1) is 8.95 Å². The van der Waals surface area contributed by atoms with Crippen LogP contribution in [-0.4, -0.2) is 34.1 Å². The first-order chi connectivity index (χ1) is 19.3. The number of allylic oxidation sites excluding steroid dienone is 4. The smallest absolute Gasteiger partial charge is 0.323 e. The molecule has 3 aromatic carbocycles. The number of rotatable bonds is 6. The Balaban J connectivity index is 1.41. The first-order valence-electron chi connectivity index (χ1n) is 13.4. The number of ketones is 2. The zero-order chi connectivity index (χ0) is 28.0. The number of nitrogens with zero attached hydrogens (tertiary/aromatic N) is 1. The van der Waals surface area contributed by atoms with Gasteiger partial charge in [-0.15, -0.1) is 0 Å². The molecule has 6 rings (SSSR count). The monoisotopic (exact) mass is 663 g/mol. The summed E-state index contributed by atoms with van der Waals surface area (Å²) in [5.41, 5.74) is 4.49. The molecule has 204 valence electrons. The minimum absolute atomic E-state index is 0.0184. The Kier molecular flexibility index (Phi) is 7.40. The van der Waals surface area contributed by atoms with E-state index in [1.807, 2.05) is 30.3 Å². The van der Waals surface area contributed by atoms with Crippen LogP contribution in [0.5, 0.6) is 5.75 Å². The van der Waals surface area contributed by atoms with E-state index in [0.29, 0.717) is 71.0 Å². The molecule has 0 saturated heterocycles. The number of fused-ring (bicyclic) bond motifs is 1. The Morgan fingerprint density at radius 1 is 0.875 bits per heavy atom. The number of hydrogen-bond donors (Lipinski definition) is 1. The third kappa shape index (κ3) is 4.81. The maximum Gasteiger partial charge on any atom is 0.323 e. The van der Waals surface area contributed by atoms with Gasteiger partial charge in [0.25, 0.3) is 0 Å². The molecule has 2 aliphatic carbocycles. The van der Waals surface area contributed by atoms with Crippen LogP contribution in [0.4, 0.5) is 0 Å². The number of benzene rings is 3. The number of aliphatic carboxylic acids is 1. The van der Waals surface area contributed by atoms with Crippen LogP contribution in [0, 0.1) is 0 Å². The molecule has 40 heavy (non-hydrogen) atoms. The summed E-state index contributed by atoms with van der Waals surface area (Å²) in [6, 6.07) is 18.2. The molecule has 8 heteroatoms. The van der Waals surface area contributed by atoms with Crippen LogP contribution in [0.2, 0.25) is 0 Å². The van der Waals surface area contributed by atoms with Crippen LogP contribution in [0.25, 0.3) is 10.8 Å². The lowest BCUT2D eigenvalue weighted by Crippen LogP contribution is -2.41. The van der Waals surface area contributed by atoms with Crippen molar-refractivity contribution in [2.24, 2.45) is 0 Å². The summed E-state index contributed by atoms with van der Waals surface area (Å²) in [5.74, 6) is -0.916. The Morgan fingerprint density at radius 2 is 1.48 bits per heavy atom. The highest BCUT2D eigenvalue weighted by atomic mass is 79.9. The molecule has 6 nitrogen and oxygen atoms in total. The highest BCUT2D eigenvalue weighted by Gasteiger charge is 2.44. The van der Waals surface area contributed by atoms with Crippen LogP contribution in [-0.2, 0) is 21.0 Å². The lowest BCUT2D eigenvalue weighted by molar-refractivity contribution is -0.138. The second kappa shape index (κ2) is 11.0. The normalized spacial score (nSPS) is 17.8. The summed E-state index contributed by atoms with van der Waals surface area (Å²) in [6.07, 6.45) is 3.36. The van der Waals surface area contributed by atoms with Gasteiger partial charge < -0.3 is 14.7 Å². The van der Waals surface area contributed by atoms with Gasteiger partial charge in [-0.2, -0.15) is 0 Å². The van der Waals surface area contributed by atoms with Crippen LogP contribution in [0.1, 0.15) is 55.6 Å². The quantitative estimate of drug-likeness (QED) is 0.295. The predicted octanol–water partition coefficient (Wildman–Crippen LogP) is 7.44. The van der Waals surface area contributed by atoms with Crippen molar-refractivity contribution < 1.29 is 24.2 Å². The number of hydrogen-bond acceptors (Lipinski definition) is 5. The van der Waals surface area contributed by atoms with Gasteiger partial charge in [0, 0.05) is 41.3 Å². The lowest BCUT2D eigenvalue weighted by atomic mass is 9.71. The molecule has 1 aliphatic heterocycles. The third-order valence-corrected chi connectivity index (χ3v) is 9.16. The number of carboxylic acids is 1. The van der Waals surface area contributed by atoms with Crippen LogP contribution in [0.15, 0.2) is 86.1 Å². The average Bonchev–Trinajstić information content (AvgIpc) is 2.93. The average molecular weight is 665 g/mol. The molecule has 3 aliphatic rings. The third-order valence-electron chi connectivity index (χ3n) is 7.99. The molecule has 1 heterocycles. The molecule has 1 N–H and O–H groups in total. The Bertz CT molecular complexity index is 1570. The second-order valence-corrected chi connectivity index (χ2v) is 12.1. The minimum atomic E-state index is -0.980. The Morgan fingerprint density at radius 3 is 2.10 bits per heavy atom. The molecular weight excluding hydrogens is 638 g/mol. The van der Waals surface area contributed by atoms with Crippen molar-refractivity contribution in [3.63, 3.8) is 0 Å². The fraction of sp³-hybridized carbons (Fsp3) is 0.281. The van der Waals surface area contributed by atoms with Gasteiger partial charge in [0.2, 0.25) is 0 Å². The maximum absolute atomic E-state index is 13.4. The van der Waals surface area contributed by atoms with Crippen LogP contribution >= 0.6 is 31.9 Å². The summed E-state index contributed by atoms with van der Waals surface area (Å²) in [5, 5.41) is 12.0. The van der Waals surface area contributed by atoms with E-state index in [1.54, 1.807) is 4.90 Å². The van der Waals surface area contributed by atoms with Crippen molar-refractivity contribution in [2.75, 3.05) is 6.54 Å². The fourth-order valence-electron chi connectivity index (χ4n) is 6.33. The van der Waals surface area contributed by atoms with Crippen molar-refractivity contribution in [3.8, 4) is 5.75 Å². The fourth-order valence-corrected chi connectivity index (χ4v) is 7.78. The van der Waals surface area contributed by atoms with Crippen molar-refractivity contribution in [3.05, 3.63) is 97.2 Å². The standard InChI is InChI=1S/C32H27Br2NO5/c33-22-14-20(15-23(34)32(22)40-17-19-8-3-7-18-6-1-2-9-21(18)19)29-30-24(10-4-12-26(30)36)35(16-28(38)39)25-11-5-13-27(37)31(25)29/h1-3,6-9,14-15,29H,4-5,10-13,16-17H2,(H,38,39). The van der Waals surface area contributed by atoms with E-state index in [4.69, 9.17) is 4.74 Å². The second-order valence-electron chi connectivity index (χ2n) is 10.4. The van der Waals surface area contributed by atoms with Crippen molar-refractivity contribution in [1.29, 1.82) is 0 Å². The molecule has 0 aromatic heterocycles. The van der Waals surface area contributed by atoms with E-state index in [0.717, 1.165) is 33.3 Å². The number of Topliss-reactive ketones (excluding diaryl/α,β-unsaturated/α-hetero) is 2. The Hall–Kier alpha value is -3.23. The summed E-state index contributed by atoms with van der Waals surface area (Å²) in [4.78, 5) is 40.4. The van der Waals surface area contributed by atoms with Gasteiger partial charge in [0.1, 0.15) is 18.9 Å². The molecule has 0 spiro atoms. The molecule has 0 bridgehead atoms. The molecule has 0 amide bonds. The molecule has 0 fully saturated rings. The van der Waals surface area contributed by atoms with Crippen molar-refractivity contribution in [2.45, 2.75) is 51.0 Å². The zero-order valence-corrected chi connectivity index (χ0v) is 24.9. The largest absolute Gasteiger partial charge is 0.487 e. The lowest BCUT2D eigenvalue weighted by Gasteiger charge is -2.43. The highest BCUT2D eigenvalue weighted by molar-refractivity contribution is 9.11. The van der Waals surface area contributed by atoms with E-state index >= 15 is 0 Å². The molecule has 3 aromatic rings. The predicted molar refractivity (Wildman–Crippen MR) is 159 cm³/mol. The van der Waals surface area contributed by atoms with Gasteiger partial charge in [-0.25, -0.2) is 0 Å². The first kappa shape index (κ1) is 27.0. The first-order valence-corrected chi connectivity index (χ1v) is 15.0. The summed E-state index contributed by atoms with van der Waals surface area (Å²) in [7, 11) is 0. The zero-order valence-electron chi connectivity index (χ0n) is 21.7. The van der Waals surface area contributed by atoms with Gasteiger partial charge in [-0.3, -0.25) is 14.4 Å². The van der Waals surface area contributed by atoms with E-state index < -0.39 is 11.9 Å². The SMILES string of the molecule is O=C(O)CN1C2=C(C(=O)CCC2)C(c2cc(Br)c(OCc3cccc4ccccc34)c(Br)c2)C2=C1CCCC2=O. The topological polar surface area (TPSA) is 83.9 Å². The van der Waals surface area contributed by atoms with E-state index in [-0.39, 0.29) is 18.1 Å². The highest BCUT2D eigenvalue weighted by Crippen LogP contribution is 2.50.